The highest BCUT2D eigenvalue weighted by Gasteiger charge is 2.25. The maximum Gasteiger partial charge on any atom is 0.252 e. The van der Waals surface area contributed by atoms with Gasteiger partial charge in [0.1, 0.15) is 6.33 Å². The molecular weight excluding hydrogens is 384 g/mol. The van der Waals surface area contributed by atoms with E-state index in [9.17, 15) is 0 Å². The molecule has 3 aromatic heterocycles. The molecule has 158 valence electrons. The van der Waals surface area contributed by atoms with E-state index in [0.717, 1.165) is 25.3 Å². The Morgan fingerprint density at radius 3 is 2.68 bits per heavy atom. The number of hydrogen-bond donors (Lipinski definition) is 0. The summed E-state index contributed by atoms with van der Waals surface area (Å²) in [6, 6.07) is 10.9. The lowest BCUT2D eigenvalue weighted by Gasteiger charge is -2.33. The molecule has 1 unspecified atom stereocenters. The third kappa shape index (κ3) is 3.95. The first kappa shape index (κ1) is 19.8. The van der Waals surface area contributed by atoms with Gasteiger partial charge in [0.05, 0.1) is 5.69 Å². The molecule has 1 saturated heterocycles. The summed E-state index contributed by atoms with van der Waals surface area (Å²) < 4.78 is 1.92. The van der Waals surface area contributed by atoms with Crippen LogP contribution >= 0.6 is 0 Å². The van der Waals surface area contributed by atoms with Crippen molar-refractivity contribution in [3.8, 4) is 11.1 Å². The highest BCUT2D eigenvalue weighted by Crippen LogP contribution is 2.30. The van der Waals surface area contributed by atoms with Crippen LogP contribution in [0.1, 0.15) is 46.8 Å². The van der Waals surface area contributed by atoms with E-state index >= 15 is 0 Å². The Morgan fingerprint density at radius 1 is 1.06 bits per heavy atom. The monoisotopic (exact) mass is 412 g/mol. The fraction of sp³-hybridized carbons (Fsp3) is 0.360. The molecule has 0 bridgehead atoms. The molecule has 31 heavy (non-hydrogen) atoms. The predicted octanol–water partition coefficient (Wildman–Crippen LogP) is 4.49. The summed E-state index contributed by atoms with van der Waals surface area (Å²) >= 11 is 0. The van der Waals surface area contributed by atoms with E-state index in [0.29, 0.717) is 11.7 Å². The van der Waals surface area contributed by atoms with Gasteiger partial charge < -0.3 is 0 Å². The second-order valence-corrected chi connectivity index (χ2v) is 8.70. The molecule has 1 atom stereocenters. The molecule has 0 aliphatic carbocycles. The second kappa shape index (κ2) is 8.19. The molecule has 6 nitrogen and oxygen atoms in total. The maximum absolute atomic E-state index is 4.51. The van der Waals surface area contributed by atoms with Crippen LogP contribution in [0.15, 0.2) is 49.1 Å². The summed E-state index contributed by atoms with van der Waals surface area (Å²) in [5.74, 6) is 1.14. The number of fused-ring (bicyclic) bond motifs is 1. The third-order valence-electron chi connectivity index (χ3n) is 6.40. The van der Waals surface area contributed by atoms with Gasteiger partial charge in [0.15, 0.2) is 0 Å². The normalized spacial score (nSPS) is 17.3. The van der Waals surface area contributed by atoms with Gasteiger partial charge in [-0.3, -0.25) is 9.88 Å². The van der Waals surface area contributed by atoms with Gasteiger partial charge in [-0.15, -0.1) is 0 Å². The first-order chi connectivity index (χ1) is 15.1. The first-order valence-electron chi connectivity index (χ1n) is 11.0. The number of piperidine rings is 1. The number of aryl methyl sites for hydroxylation is 3. The van der Waals surface area contributed by atoms with Crippen molar-refractivity contribution in [2.45, 2.75) is 46.1 Å². The zero-order valence-corrected chi connectivity index (χ0v) is 18.4. The van der Waals surface area contributed by atoms with Gasteiger partial charge in [-0.1, -0.05) is 18.2 Å². The topological polar surface area (TPSA) is 59.2 Å². The predicted molar refractivity (Wildman–Crippen MR) is 122 cm³/mol. The van der Waals surface area contributed by atoms with Gasteiger partial charge in [0.2, 0.25) is 0 Å². The molecule has 1 aliphatic rings. The molecule has 4 aromatic rings. The van der Waals surface area contributed by atoms with Crippen molar-refractivity contribution in [2.75, 3.05) is 13.1 Å². The maximum atomic E-state index is 4.51. The minimum Gasteiger partial charge on any atom is -0.298 e. The summed E-state index contributed by atoms with van der Waals surface area (Å²) in [6.45, 7) is 9.64. The molecule has 1 aromatic carbocycles. The lowest BCUT2D eigenvalue weighted by molar-refractivity contribution is 0.196. The number of hydrogen-bond acceptors (Lipinski definition) is 5. The number of rotatable bonds is 4. The second-order valence-electron chi connectivity index (χ2n) is 8.70. The number of benzene rings is 1. The zero-order chi connectivity index (χ0) is 21.4. The third-order valence-corrected chi connectivity index (χ3v) is 6.40. The van der Waals surface area contributed by atoms with Crippen LogP contribution in [0.3, 0.4) is 0 Å². The molecule has 1 fully saturated rings. The number of nitrogens with zero attached hydrogens (tertiary/aromatic N) is 6. The SMILES string of the molecule is Cc1cc(C2CCCN(Cc3c(C)cc(-c4cccnc4)cc3C)C2)n2ncnc2n1. The van der Waals surface area contributed by atoms with Gasteiger partial charge in [-0.05, 0) is 74.5 Å². The zero-order valence-electron chi connectivity index (χ0n) is 18.4. The molecule has 0 amide bonds. The van der Waals surface area contributed by atoms with E-state index in [4.69, 9.17) is 0 Å². The molecular formula is C25H28N6. The average molecular weight is 413 g/mol. The molecule has 1 aliphatic heterocycles. The minimum atomic E-state index is 0.440. The number of pyridine rings is 1. The summed E-state index contributed by atoms with van der Waals surface area (Å²) in [5.41, 5.74) is 8.77. The van der Waals surface area contributed by atoms with Crippen LogP contribution in [0.5, 0.6) is 0 Å². The van der Waals surface area contributed by atoms with Crippen LogP contribution in [0, 0.1) is 20.8 Å². The smallest absolute Gasteiger partial charge is 0.252 e. The van der Waals surface area contributed by atoms with Crippen molar-refractivity contribution in [1.29, 1.82) is 0 Å². The van der Waals surface area contributed by atoms with E-state index in [1.165, 1.54) is 46.4 Å². The highest BCUT2D eigenvalue weighted by atomic mass is 15.3. The Balaban J connectivity index is 1.39. The quantitative estimate of drug-likeness (QED) is 0.494. The largest absolute Gasteiger partial charge is 0.298 e. The summed E-state index contributed by atoms with van der Waals surface area (Å²) in [4.78, 5) is 15.7. The van der Waals surface area contributed by atoms with E-state index in [2.05, 4.69) is 63.1 Å². The molecule has 0 radical (unpaired) electrons. The van der Waals surface area contributed by atoms with Crippen molar-refractivity contribution < 1.29 is 0 Å². The van der Waals surface area contributed by atoms with Crippen molar-refractivity contribution in [1.82, 2.24) is 29.5 Å². The van der Waals surface area contributed by atoms with Crippen molar-refractivity contribution in [3.05, 3.63) is 77.1 Å². The molecule has 0 saturated carbocycles. The Morgan fingerprint density at radius 2 is 1.90 bits per heavy atom. The van der Waals surface area contributed by atoms with E-state index in [1.54, 1.807) is 6.33 Å². The molecule has 0 spiro atoms. The Hall–Kier alpha value is -3.12. The molecule has 4 heterocycles. The highest BCUT2D eigenvalue weighted by molar-refractivity contribution is 5.65. The van der Waals surface area contributed by atoms with Gasteiger partial charge in [-0.2, -0.15) is 10.1 Å². The number of likely N-dealkylation sites (tertiary alicyclic amines) is 1. The molecule has 0 N–H and O–H groups in total. The van der Waals surface area contributed by atoms with Crippen molar-refractivity contribution >= 4 is 5.78 Å². The lowest BCUT2D eigenvalue weighted by Crippen LogP contribution is -2.35. The van der Waals surface area contributed by atoms with Gasteiger partial charge in [0, 0.05) is 42.7 Å². The summed E-state index contributed by atoms with van der Waals surface area (Å²) in [5, 5.41) is 4.43. The molecule has 6 heteroatoms. The standard InChI is InChI=1S/C25H28N6/c1-17-10-22(20-6-4-8-26-13-20)11-18(2)23(17)15-30-9-5-7-21(14-30)24-12-19(3)29-25-27-16-28-31(24)25/h4,6,8,10-13,16,21H,5,7,9,14-15H2,1-3H3. The van der Waals surface area contributed by atoms with Crippen LogP contribution in [-0.2, 0) is 6.54 Å². The fourth-order valence-electron chi connectivity index (χ4n) is 4.86. The first-order valence-corrected chi connectivity index (χ1v) is 11.0. The van der Waals surface area contributed by atoms with Gasteiger partial charge in [0.25, 0.3) is 5.78 Å². The van der Waals surface area contributed by atoms with Crippen LogP contribution in [0.2, 0.25) is 0 Å². The van der Waals surface area contributed by atoms with Crippen LogP contribution in [-0.4, -0.2) is 42.6 Å². The Labute approximate surface area is 183 Å². The van der Waals surface area contributed by atoms with Crippen molar-refractivity contribution in [2.24, 2.45) is 0 Å². The van der Waals surface area contributed by atoms with Crippen LogP contribution in [0.4, 0.5) is 0 Å². The molecule has 5 rings (SSSR count). The van der Waals surface area contributed by atoms with Gasteiger partial charge >= 0.3 is 0 Å². The van der Waals surface area contributed by atoms with Gasteiger partial charge in [-0.25, -0.2) is 9.50 Å². The van der Waals surface area contributed by atoms with Crippen molar-refractivity contribution in [3.63, 3.8) is 0 Å². The average Bonchev–Trinajstić information content (AvgIpc) is 3.25. The van der Waals surface area contributed by atoms with E-state index < -0.39 is 0 Å². The number of aromatic nitrogens is 5. The van der Waals surface area contributed by atoms with Crippen LogP contribution in [0.25, 0.3) is 16.9 Å². The fourth-order valence-corrected chi connectivity index (χ4v) is 4.86. The summed E-state index contributed by atoms with van der Waals surface area (Å²) in [6.07, 6.45) is 7.72. The lowest BCUT2D eigenvalue weighted by atomic mass is 9.92. The Kier molecular flexibility index (Phi) is 5.24. The van der Waals surface area contributed by atoms with E-state index in [1.807, 2.05) is 29.9 Å². The summed E-state index contributed by atoms with van der Waals surface area (Å²) in [7, 11) is 0. The minimum absolute atomic E-state index is 0.440. The van der Waals surface area contributed by atoms with E-state index in [-0.39, 0.29) is 0 Å². The van der Waals surface area contributed by atoms with Crippen LogP contribution < -0.4 is 0 Å². The Bertz CT molecular complexity index is 1190.